The lowest BCUT2D eigenvalue weighted by molar-refractivity contribution is -0.148. The van der Waals surface area contributed by atoms with Crippen molar-refractivity contribution in [3.05, 3.63) is 72.0 Å². The zero-order valence-corrected chi connectivity index (χ0v) is 18.3. The molecule has 0 fully saturated rings. The summed E-state index contributed by atoms with van der Waals surface area (Å²) in [6, 6.07) is 17.8. The van der Waals surface area contributed by atoms with Crippen LogP contribution in [0.25, 0.3) is 11.3 Å². The molecule has 1 heterocycles. The Balaban J connectivity index is 1.39. The number of carbonyl (C=O) groups excluding carboxylic acids is 3. The average molecular weight is 452 g/mol. The van der Waals surface area contributed by atoms with E-state index in [4.69, 9.17) is 18.6 Å². The molecule has 2 aromatic carbocycles. The number of carbonyl (C=O) groups is 3. The topological polar surface area (TPSA) is 116 Å². The third kappa shape index (κ3) is 6.60. The number of aryl methyl sites for hydroxylation is 1. The number of hydrogen-bond donors (Lipinski definition) is 2. The maximum atomic E-state index is 12.2. The van der Waals surface area contributed by atoms with Crippen molar-refractivity contribution in [3.63, 3.8) is 0 Å². The molecule has 1 aromatic heterocycles. The Labute approximate surface area is 190 Å². The Kier molecular flexibility index (Phi) is 8.07. The van der Waals surface area contributed by atoms with E-state index in [1.165, 1.54) is 26.4 Å². The highest BCUT2D eigenvalue weighted by atomic mass is 16.5. The molecule has 0 atom stereocenters. The van der Waals surface area contributed by atoms with Crippen molar-refractivity contribution in [2.75, 3.05) is 20.8 Å². The van der Waals surface area contributed by atoms with E-state index in [2.05, 4.69) is 10.9 Å². The average Bonchev–Trinajstić information content (AvgIpc) is 3.34. The Morgan fingerprint density at radius 3 is 2.36 bits per heavy atom. The van der Waals surface area contributed by atoms with Gasteiger partial charge in [-0.05, 0) is 30.3 Å². The second-order valence-corrected chi connectivity index (χ2v) is 6.86. The van der Waals surface area contributed by atoms with Crippen molar-refractivity contribution in [2.24, 2.45) is 0 Å². The standard InChI is InChI=1S/C24H24N2O7/c1-30-20-11-8-17(14-21(20)31-2)24(29)26-25-22(27)15-32-23(28)13-10-18-9-12-19(33-18)16-6-4-3-5-7-16/h3-9,11-12,14H,10,13,15H2,1-2H3,(H,25,27)(H,26,29). The van der Waals surface area contributed by atoms with Crippen LogP contribution < -0.4 is 20.3 Å². The van der Waals surface area contributed by atoms with Crippen LogP contribution in [0.3, 0.4) is 0 Å². The Bertz CT molecular complexity index is 1110. The third-order valence-electron chi connectivity index (χ3n) is 4.62. The second-order valence-electron chi connectivity index (χ2n) is 6.86. The van der Waals surface area contributed by atoms with Gasteiger partial charge in [0.1, 0.15) is 11.5 Å². The minimum atomic E-state index is -0.679. The third-order valence-corrected chi connectivity index (χ3v) is 4.62. The van der Waals surface area contributed by atoms with Gasteiger partial charge in [-0.3, -0.25) is 25.2 Å². The number of rotatable bonds is 9. The van der Waals surface area contributed by atoms with Crippen molar-refractivity contribution in [3.8, 4) is 22.8 Å². The molecular formula is C24H24N2O7. The molecule has 0 radical (unpaired) electrons. The molecule has 9 heteroatoms. The fourth-order valence-electron chi connectivity index (χ4n) is 2.93. The molecule has 172 valence electrons. The van der Waals surface area contributed by atoms with Gasteiger partial charge in [0.25, 0.3) is 11.8 Å². The van der Waals surface area contributed by atoms with Crippen molar-refractivity contribution in [1.29, 1.82) is 0 Å². The molecule has 2 N–H and O–H groups in total. The van der Waals surface area contributed by atoms with E-state index < -0.39 is 24.4 Å². The summed E-state index contributed by atoms with van der Waals surface area (Å²) in [7, 11) is 2.93. The maximum Gasteiger partial charge on any atom is 0.306 e. The Hall–Kier alpha value is -4.27. The van der Waals surface area contributed by atoms with Gasteiger partial charge in [0.2, 0.25) is 0 Å². The predicted molar refractivity (Wildman–Crippen MR) is 119 cm³/mol. The lowest BCUT2D eigenvalue weighted by Crippen LogP contribution is -2.43. The fourth-order valence-corrected chi connectivity index (χ4v) is 2.93. The predicted octanol–water partition coefficient (Wildman–Crippen LogP) is 2.90. The van der Waals surface area contributed by atoms with E-state index in [1.54, 1.807) is 12.1 Å². The normalized spacial score (nSPS) is 10.2. The molecule has 3 rings (SSSR count). The van der Waals surface area contributed by atoms with Crippen LogP contribution in [0.1, 0.15) is 22.5 Å². The Morgan fingerprint density at radius 2 is 1.64 bits per heavy atom. The molecule has 0 aliphatic rings. The SMILES string of the molecule is COc1ccc(C(=O)NNC(=O)COC(=O)CCc2ccc(-c3ccccc3)o2)cc1OC. The summed E-state index contributed by atoms with van der Waals surface area (Å²) in [6.07, 6.45) is 0.385. The zero-order chi connectivity index (χ0) is 23.6. The lowest BCUT2D eigenvalue weighted by atomic mass is 10.2. The van der Waals surface area contributed by atoms with Gasteiger partial charge in [-0.2, -0.15) is 0 Å². The summed E-state index contributed by atoms with van der Waals surface area (Å²) >= 11 is 0. The van der Waals surface area contributed by atoms with Crippen LogP contribution in [0.2, 0.25) is 0 Å². The summed E-state index contributed by atoms with van der Waals surface area (Å²) in [5.41, 5.74) is 5.63. The highest BCUT2D eigenvalue weighted by Crippen LogP contribution is 2.27. The molecule has 33 heavy (non-hydrogen) atoms. The number of furan rings is 1. The summed E-state index contributed by atoms with van der Waals surface area (Å²) in [6.45, 7) is -0.529. The minimum Gasteiger partial charge on any atom is -0.493 e. The number of hydrazine groups is 1. The number of ether oxygens (including phenoxy) is 3. The van der Waals surface area contributed by atoms with Crippen LogP contribution in [0.15, 0.2) is 65.1 Å². The van der Waals surface area contributed by atoms with Crippen LogP contribution in [-0.2, 0) is 20.7 Å². The van der Waals surface area contributed by atoms with Gasteiger partial charge in [0, 0.05) is 17.5 Å². The summed E-state index contributed by atoms with van der Waals surface area (Å²) in [4.78, 5) is 36.0. The molecule has 0 bridgehead atoms. The molecule has 0 saturated heterocycles. The lowest BCUT2D eigenvalue weighted by Gasteiger charge is -2.11. The molecular weight excluding hydrogens is 428 g/mol. The first-order valence-electron chi connectivity index (χ1n) is 10.1. The number of amides is 2. The number of benzene rings is 2. The largest absolute Gasteiger partial charge is 0.493 e. The van der Waals surface area contributed by atoms with E-state index in [0.29, 0.717) is 29.4 Å². The van der Waals surface area contributed by atoms with Crippen molar-refractivity contribution in [1.82, 2.24) is 10.9 Å². The Morgan fingerprint density at radius 1 is 0.879 bits per heavy atom. The van der Waals surface area contributed by atoms with Crippen LogP contribution in [0, 0.1) is 0 Å². The molecule has 0 unspecified atom stereocenters. The van der Waals surface area contributed by atoms with Crippen molar-refractivity contribution >= 4 is 17.8 Å². The summed E-state index contributed by atoms with van der Waals surface area (Å²) in [5, 5.41) is 0. The second kappa shape index (κ2) is 11.4. The smallest absolute Gasteiger partial charge is 0.306 e. The van der Waals surface area contributed by atoms with E-state index in [-0.39, 0.29) is 12.0 Å². The van der Waals surface area contributed by atoms with Crippen LogP contribution >= 0.6 is 0 Å². The number of esters is 1. The van der Waals surface area contributed by atoms with Gasteiger partial charge >= 0.3 is 5.97 Å². The highest BCUT2D eigenvalue weighted by Gasteiger charge is 2.13. The van der Waals surface area contributed by atoms with Crippen molar-refractivity contribution < 1.29 is 33.0 Å². The van der Waals surface area contributed by atoms with Crippen LogP contribution in [0.4, 0.5) is 0 Å². The van der Waals surface area contributed by atoms with Crippen molar-refractivity contribution in [2.45, 2.75) is 12.8 Å². The van der Waals surface area contributed by atoms with Crippen LogP contribution in [0.5, 0.6) is 11.5 Å². The summed E-state index contributed by atoms with van der Waals surface area (Å²) in [5.74, 6) is 0.382. The quantitative estimate of drug-likeness (QED) is 0.379. The first-order chi connectivity index (χ1) is 16.0. The van der Waals surface area contributed by atoms with E-state index in [0.717, 1.165) is 5.56 Å². The highest BCUT2D eigenvalue weighted by molar-refractivity contribution is 5.96. The van der Waals surface area contributed by atoms with Crippen LogP contribution in [-0.4, -0.2) is 38.6 Å². The number of hydrogen-bond acceptors (Lipinski definition) is 7. The molecule has 0 spiro atoms. The monoisotopic (exact) mass is 452 g/mol. The van der Waals surface area contributed by atoms with E-state index in [9.17, 15) is 14.4 Å². The van der Waals surface area contributed by atoms with Gasteiger partial charge in [-0.25, -0.2) is 0 Å². The fraction of sp³-hybridized carbons (Fsp3) is 0.208. The van der Waals surface area contributed by atoms with Gasteiger partial charge < -0.3 is 18.6 Å². The molecule has 2 amide bonds. The van der Waals surface area contributed by atoms with E-state index >= 15 is 0 Å². The molecule has 3 aromatic rings. The molecule has 0 aliphatic carbocycles. The van der Waals surface area contributed by atoms with Gasteiger partial charge in [0.15, 0.2) is 18.1 Å². The molecule has 0 saturated carbocycles. The van der Waals surface area contributed by atoms with Gasteiger partial charge in [-0.1, -0.05) is 30.3 Å². The molecule has 0 aliphatic heterocycles. The minimum absolute atomic E-state index is 0.0486. The number of nitrogens with one attached hydrogen (secondary N) is 2. The molecule has 9 nitrogen and oxygen atoms in total. The van der Waals surface area contributed by atoms with Gasteiger partial charge in [-0.15, -0.1) is 0 Å². The van der Waals surface area contributed by atoms with E-state index in [1.807, 2.05) is 36.4 Å². The van der Waals surface area contributed by atoms with Gasteiger partial charge in [0.05, 0.1) is 20.6 Å². The zero-order valence-electron chi connectivity index (χ0n) is 18.3. The first kappa shape index (κ1) is 23.4. The maximum absolute atomic E-state index is 12.2. The number of methoxy groups -OCH3 is 2. The first-order valence-corrected chi connectivity index (χ1v) is 10.1. The summed E-state index contributed by atoms with van der Waals surface area (Å²) < 4.78 is 20.9.